The summed E-state index contributed by atoms with van der Waals surface area (Å²) in [7, 11) is 0. The van der Waals surface area contributed by atoms with Crippen LogP contribution >= 0.6 is 0 Å². The monoisotopic (exact) mass is 832 g/mol. The molecule has 348 valence electrons. The number of hydrogen-bond acceptors (Lipinski definition) is 5. The van der Waals surface area contributed by atoms with Crippen LogP contribution < -0.4 is 5.32 Å². The van der Waals surface area contributed by atoms with Crippen molar-refractivity contribution in [2.45, 2.75) is 289 Å². The summed E-state index contributed by atoms with van der Waals surface area (Å²) in [6.45, 7) is 4.86. The van der Waals surface area contributed by atoms with E-state index in [0.29, 0.717) is 19.4 Å². The van der Waals surface area contributed by atoms with E-state index in [2.05, 4.69) is 31.3 Å². The average molecular weight is 832 g/mol. The van der Waals surface area contributed by atoms with Crippen molar-refractivity contribution in [3.63, 3.8) is 0 Å². The maximum absolute atomic E-state index is 12.4. The molecule has 0 rings (SSSR count). The molecule has 0 fully saturated rings. The van der Waals surface area contributed by atoms with E-state index in [9.17, 15) is 19.8 Å². The third kappa shape index (κ3) is 45.7. The van der Waals surface area contributed by atoms with Crippen LogP contribution in [0.3, 0.4) is 0 Å². The van der Waals surface area contributed by atoms with Gasteiger partial charge in [-0.2, -0.15) is 0 Å². The highest BCUT2D eigenvalue weighted by Gasteiger charge is 2.18. The van der Waals surface area contributed by atoms with Crippen LogP contribution in [0.4, 0.5) is 0 Å². The zero-order valence-electron chi connectivity index (χ0n) is 39.5. The van der Waals surface area contributed by atoms with Gasteiger partial charge in [-0.25, -0.2) is 0 Å². The number of allylic oxidation sites excluding steroid dienone is 3. The van der Waals surface area contributed by atoms with Crippen molar-refractivity contribution in [1.29, 1.82) is 0 Å². The van der Waals surface area contributed by atoms with Gasteiger partial charge in [0, 0.05) is 12.8 Å². The third-order valence-electron chi connectivity index (χ3n) is 12.0. The van der Waals surface area contributed by atoms with Crippen LogP contribution in [0.15, 0.2) is 24.3 Å². The van der Waals surface area contributed by atoms with Gasteiger partial charge >= 0.3 is 5.97 Å². The number of carbonyl (C=O) groups excluding carboxylic acids is 2. The first-order chi connectivity index (χ1) is 29.0. The molecule has 0 saturated heterocycles. The Bertz CT molecular complexity index is 920. The molecule has 0 aliphatic rings. The minimum atomic E-state index is -0.854. The van der Waals surface area contributed by atoms with Crippen molar-refractivity contribution >= 4 is 11.9 Å². The average Bonchev–Trinajstić information content (AvgIpc) is 3.24. The zero-order chi connectivity index (χ0) is 43.0. The molecule has 59 heavy (non-hydrogen) atoms. The second-order valence-corrected chi connectivity index (χ2v) is 17.9. The van der Waals surface area contributed by atoms with Crippen molar-refractivity contribution < 1.29 is 24.5 Å². The van der Waals surface area contributed by atoms with Gasteiger partial charge in [0.05, 0.1) is 25.4 Å². The lowest BCUT2D eigenvalue weighted by Gasteiger charge is -2.20. The van der Waals surface area contributed by atoms with Gasteiger partial charge < -0.3 is 20.3 Å². The molecule has 0 aliphatic carbocycles. The molecule has 2 atom stereocenters. The Morgan fingerprint density at radius 1 is 0.458 bits per heavy atom. The predicted octanol–water partition coefficient (Wildman–Crippen LogP) is 15.5. The van der Waals surface area contributed by atoms with Gasteiger partial charge in [-0.15, -0.1) is 0 Å². The molecule has 0 aliphatic heterocycles. The standard InChI is InChI=1S/C53H101NO5/c1-3-5-7-9-11-13-15-17-19-20-21-25-29-33-37-41-45-51(56)50(49-55)54-52(57)46-42-38-34-30-26-23-24-28-32-36-40-44-48-59-53(58)47-43-39-35-31-27-22-18-16-14-12-10-8-6-4-2/h16,18,41,45,50-51,55-56H,3-15,17,19-40,42-44,46-49H2,1-2H3,(H,54,57)/b18-16-,45-41+. The fourth-order valence-electron chi connectivity index (χ4n) is 7.92. The second kappa shape index (κ2) is 49.0. The molecule has 0 spiro atoms. The highest BCUT2D eigenvalue weighted by molar-refractivity contribution is 5.76. The number of amides is 1. The molecule has 0 bridgehead atoms. The zero-order valence-corrected chi connectivity index (χ0v) is 39.5. The largest absolute Gasteiger partial charge is 0.466 e. The summed E-state index contributed by atoms with van der Waals surface area (Å²) in [6, 6.07) is -0.639. The van der Waals surface area contributed by atoms with E-state index in [1.807, 2.05) is 6.08 Å². The fraction of sp³-hybridized carbons (Fsp3) is 0.887. The number of rotatable bonds is 48. The number of aliphatic hydroxyl groups excluding tert-OH is 2. The van der Waals surface area contributed by atoms with E-state index >= 15 is 0 Å². The molecule has 0 aromatic heterocycles. The Morgan fingerprint density at radius 2 is 0.797 bits per heavy atom. The van der Waals surface area contributed by atoms with Crippen molar-refractivity contribution in [3.8, 4) is 0 Å². The van der Waals surface area contributed by atoms with Crippen LogP contribution in [0.25, 0.3) is 0 Å². The van der Waals surface area contributed by atoms with E-state index < -0.39 is 12.1 Å². The Balaban J connectivity index is 3.50. The van der Waals surface area contributed by atoms with E-state index in [1.54, 1.807) is 6.08 Å². The molecule has 3 N–H and O–H groups in total. The van der Waals surface area contributed by atoms with E-state index in [0.717, 1.165) is 57.8 Å². The topological polar surface area (TPSA) is 95.9 Å². The summed E-state index contributed by atoms with van der Waals surface area (Å²) in [4.78, 5) is 24.5. The van der Waals surface area contributed by atoms with Gasteiger partial charge in [-0.1, -0.05) is 231 Å². The van der Waals surface area contributed by atoms with Gasteiger partial charge in [0.2, 0.25) is 5.91 Å². The summed E-state index contributed by atoms with van der Waals surface area (Å²) in [5, 5.41) is 23.1. The van der Waals surface area contributed by atoms with Crippen molar-refractivity contribution in [1.82, 2.24) is 5.32 Å². The molecule has 0 saturated carbocycles. The van der Waals surface area contributed by atoms with Crippen LogP contribution in [-0.4, -0.2) is 47.4 Å². The van der Waals surface area contributed by atoms with Gasteiger partial charge in [-0.3, -0.25) is 9.59 Å². The number of unbranched alkanes of at least 4 members (excludes halogenated alkanes) is 35. The number of nitrogens with one attached hydrogen (secondary N) is 1. The van der Waals surface area contributed by atoms with Gasteiger partial charge in [-0.05, 0) is 57.8 Å². The molecule has 2 unspecified atom stereocenters. The number of ether oxygens (including phenoxy) is 1. The molecular weight excluding hydrogens is 731 g/mol. The van der Waals surface area contributed by atoms with Gasteiger partial charge in [0.15, 0.2) is 0 Å². The minimum Gasteiger partial charge on any atom is -0.466 e. The van der Waals surface area contributed by atoms with Gasteiger partial charge in [0.1, 0.15) is 0 Å². The molecular formula is C53H101NO5. The first-order valence-electron chi connectivity index (χ1n) is 26.1. The lowest BCUT2D eigenvalue weighted by molar-refractivity contribution is -0.143. The molecule has 0 aromatic rings. The lowest BCUT2D eigenvalue weighted by Crippen LogP contribution is -2.45. The lowest BCUT2D eigenvalue weighted by atomic mass is 10.0. The normalized spacial score (nSPS) is 12.8. The molecule has 6 nitrogen and oxygen atoms in total. The molecule has 0 aromatic carbocycles. The van der Waals surface area contributed by atoms with Crippen molar-refractivity contribution in [3.05, 3.63) is 24.3 Å². The first kappa shape index (κ1) is 57.3. The Morgan fingerprint density at radius 3 is 1.20 bits per heavy atom. The van der Waals surface area contributed by atoms with Crippen molar-refractivity contribution in [2.75, 3.05) is 13.2 Å². The Hall–Kier alpha value is -1.66. The molecule has 1 amide bonds. The summed E-state index contributed by atoms with van der Waals surface area (Å²) in [5.74, 6) is -0.103. The highest BCUT2D eigenvalue weighted by atomic mass is 16.5. The number of carbonyl (C=O) groups is 2. The number of esters is 1. The number of aliphatic hydroxyl groups is 2. The van der Waals surface area contributed by atoms with E-state index in [-0.39, 0.29) is 18.5 Å². The molecule has 0 radical (unpaired) electrons. The van der Waals surface area contributed by atoms with Crippen LogP contribution in [0.2, 0.25) is 0 Å². The smallest absolute Gasteiger partial charge is 0.305 e. The van der Waals surface area contributed by atoms with Crippen molar-refractivity contribution in [2.24, 2.45) is 0 Å². The van der Waals surface area contributed by atoms with Gasteiger partial charge in [0.25, 0.3) is 0 Å². The SMILES string of the molecule is CCCCCCC/C=C\CCCCCCCC(=O)OCCCCCCCCCCCCCCC(=O)NC(CO)C(O)/C=C/CCCCCCCCCCCCCCCC. The summed E-state index contributed by atoms with van der Waals surface area (Å²) in [5.41, 5.74) is 0. The van der Waals surface area contributed by atoms with E-state index in [1.165, 1.54) is 193 Å². The minimum absolute atomic E-state index is 0.0194. The maximum atomic E-state index is 12.4. The number of hydrogen-bond donors (Lipinski definition) is 3. The van der Waals surface area contributed by atoms with Crippen LogP contribution in [0.5, 0.6) is 0 Å². The van der Waals surface area contributed by atoms with Crippen LogP contribution in [0, 0.1) is 0 Å². The third-order valence-corrected chi connectivity index (χ3v) is 12.0. The summed E-state index contributed by atoms with van der Waals surface area (Å²) >= 11 is 0. The Kier molecular flexibility index (Phi) is 47.6. The highest BCUT2D eigenvalue weighted by Crippen LogP contribution is 2.16. The predicted molar refractivity (Wildman–Crippen MR) is 255 cm³/mol. The summed E-state index contributed by atoms with van der Waals surface area (Å²) in [6.07, 6.45) is 57.4. The van der Waals surface area contributed by atoms with Crippen LogP contribution in [0.1, 0.15) is 277 Å². The second-order valence-electron chi connectivity index (χ2n) is 17.9. The Labute approximate surface area is 367 Å². The van der Waals surface area contributed by atoms with E-state index in [4.69, 9.17) is 4.74 Å². The first-order valence-corrected chi connectivity index (χ1v) is 26.1. The maximum Gasteiger partial charge on any atom is 0.305 e. The van der Waals surface area contributed by atoms with Crippen LogP contribution in [-0.2, 0) is 14.3 Å². The summed E-state index contributed by atoms with van der Waals surface area (Å²) < 4.78 is 5.45. The quantitative estimate of drug-likeness (QED) is 0.0322. The fourth-order valence-corrected chi connectivity index (χ4v) is 7.92. The molecule has 0 heterocycles. The molecule has 6 heteroatoms.